The van der Waals surface area contributed by atoms with Crippen LogP contribution in [0.5, 0.6) is 0 Å². The van der Waals surface area contributed by atoms with Crippen molar-refractivity contribution in [1.82, 2.24) is 4.84 Å². The molecule has 0 aliphatic heterocycles. The molecule has 1 aliphatic carbocycles. The predicted octanol–water partition coefficient (Wildman–Crippen LogP) is 2.63. The first-order valence-electron chi connectivity index (χ1n) is 6.20. The van der Waals surface area contributed by atoms with Gasteiger partial charge in [0.25, 0.3) is 0 Å². The van der Waals surface area contributed by atoms with Crippen LogP contribution < -0.4 is 4.84 Å². The van der Waals surface area contributed by atoms with Gasteiger partial charge in [-0.2, -0.15) is 0 Å². The maximum Gasteiger partial charge on any atom is 0.159 e. The van der Waals surface area contributed by atoms with Crippen LogP contribution in [0.25, 0.3) is 0 Å². The van der Waals surface area contributed by atoms with Gasteiger partial charge in [0.05, 0.1) is 12.1 Å². The standard InChI is InChI=1S/C14H18ClNO2/c1-10(18)11-2-4-12(5-3-11)13-6-7-14(8-13,9-17)16-15/h2-5,13,16-17H,6-9H2,1H3/t13-,14+/m0/s1. The third-order valence-electron chi connectivity index (χ3n) is 3.90. The van der Waals surface area contributed by atoms with E-state index in [1.807, 2.05) is 24.3 Å². The number of benzene rings is 1. The van der Waals surface area contributed by atoms with Crippen molar-refractivity contribution in [2.75, 3.05) is 6.61 Å². The van der Waals surface area contributed by atoms with Crippen molar-refractivity contribution in [2.24, 2.45) is 0 Å². The Morgan fingerprint density at radius 2 is 2.17 bits per heavy atom. The third kappa shape index (κ3) is 2.58. The van der Waals surface area contributed by atoms with Gasteiger partial charge in [-0.3, -0.25) is 4.79 Å². The average Bonchev–Trinajstić information content (AvgIpc) is 2.84. The third-order valence-corrected chi connectivity index (χ3v) is 4.30. The summed E-state index contributed by atoms with van der Waals surface area (Å²) in [7, 11) is 0. The van der Waals surface area contributed by atoms with Gasteiger partial charge in [-0.25, -0.2) is 4.84 Å². The molecule has 4 heteroatoms. The molecule has 0 saturated heterocycles. The molecule has 0 radical (unpaired) electrons. The second-order valence-corrected chi connectivity index (χ2v) is 5.34. The lowest BCUT2D eigenvalue weighted by molar-refractivity contribution is 0.101. The van der Waals surface area contributed by atoms with Crippen LogP contribution in [0.3, 0.4) is 0 Å². The molecule has 0 bridgehead atoms. The Labute approximate surface area is 112 Å². The maximum absolute atomic E-state index is 11.2. The van der Waals surface area contributed by atoms with Gasteiger partial charge in [-0.1, -0.05) is 24.3 Å². The van der Waals surface area contributed by atoms with E-state index < -0.39 is 0 Å². The number of halogens is 1. The maximum atomic E-state index is 11.2. The Kier molecular flexibility index (Phi) is 4.05. The fourth-order valence-electron chi connectivity index (χ4n) is 2.66. The number of carbonyl (C=O) groups is 1. The van der Waals surface area contributed by atoms with E-state index in [0.29, 0.717) is 5.92 Å². The summed E-state index contributed by atoms with van der Waals surface area (Å²) in [4.78, 5) is 13.9. The van der Waals surface area contributed by atoms with E-state index in [1.165, 1.54) is 5.56 Å². The lowest BCUT2D eigenvalue weighted by Crippen LogP contribution is -2.40. The van der Waals surface area contributed by atoms with E-state index in [0.717, 1.165) is 24.8 Å². The van der Waals surface area contributed by atoms with E-state index in [4.69, 9.17) is 11.8 Å². The van der Waals surface area contributed by atoms with E-state index in [2.05, 4.69) is 4.84 Å². The molecular weight excluding hydrogens is 250 g/mol. The monoisotopic (exact) mass is 267 g/mol. The van der Waals surface area contributed by atoms with E-state index in [1.54, 1.807) is 6.92 Å². The van der Waals surface area contributed by atoms with Crippen molar-refractivity contribution < 1.29 is 9.90 Å². The highest BCUT2D eigenvalue weighted by Gasteiger charge is 2.38. The van der Waals surface area contributed by atoms with Crippen LogP contribution in [-0.2, 0) is 0 Å². The van der Waals surface area contributed by atoms with Crippen molar-refractivity contribution in [1.29, 1.82) is 0 Å². The van der Waals surface area contributed by atoms with Crippen LogP contribution in [0.15, 0.2) is 24.3 Å². The normalized spacial score (nSPS) is 27.4. The lowest BCUT2D eigenvalue weighted by Gasteiger charge is -2.24. The SMILES string of the molecule is CC(=O)c1ccc([C@H]2CC[C@@](CO)(NCl)C2)cc1. The van der Waals surface area contributed by atoms with Gasteiger partial charge in [-0.05, 0) is 49.4 Å². The summed E-state index contributed by atoms with van der Waals surface area (Å²) in [5.41, 5.74) is 1.59. The van der Waals surface area contributed by atoms with E-state index in [9.17, 15) is 9.90 Å². The highest BCUT2D eigenvalue weighted by atomic mass is 35.5. The van der Waals surface area contributed by atoms with Crippen molar-refractivity contribution >= 4 is 17.6 Å². The van der Waals surface area contributed by atoms with E-state index >= 15 is 0 Å². The topological polar surface area (TPSA) is 49.3 Å². The number of aliphatic hydroxyl groups excluding tert-OH is 1. The largest absolute Gasteiger partial charge is 0.394 e. The molecular formula is C14H18ClNO2. The zero-order valence-corrected chi connectivity index (χ0v) is 11.2. The van der Waals surface area contributed by atoms with Crippen molar-refractivity contribution in [3.05, 3.63) is 35.4 Å². The van der Waals surface area contributed by atoms with Gasteiger partial charge < -0.3 is 5.11 Å². The van der Waals surface area contributed by atoms with Crippen molar-refractivity contribution in [3.8, 4) is 0 Å². The molecule has 0 heterocycles. The van der Waals surface area contributed by atoms with Crippen molar-refractivity contribution in [3.63, 3.8) is 0 Å². The molecule has 1 aromatic rings. The Balaban J connectivity index is 2.12. The zero-order valence-electron chi connectivity index (χ0n) is 10.4. The molecule has 3 nitrogen and oxygen atoms in total. The number of ketones is 1. The molecule has 0 amide bonds. The number of rotatable bonds is 4. The van der Waals surface area contributed by atoms with Gasteiger partial charge in [0.2, 0.25) is 0 Å². The first-order chi connectivity index (χ1) is 8.60. The van der Waals surface area contributed by atoms with Gasteiger partial charge in [0.1, 0.15) is 0 Å². The summed E-state index contributed by atoms with van der Waals surface area (Å²) >= 11 is 5.73. The fourth-order valence-corrected chi connectivity index (χ4v) is 2.89. The minimum absolute atomic E-state index is 0.0541. The number of hydrogen-bond acceptors (Lipinski definition) is 3. The van der Waals surface area contributed by atoms with E-state index in [-0.39, 0.29) is 17.9 Å². The summed E-state index contributed by atoms with van der Waals surface area (Å²) in [5.74, 6) is 0.476. The Hall–Kier alpha value is -0.900. The van der Waals surface area contributed by atoms with Crippen molar-refractivity contribution in [2.45, 2.75) is 37.6 Å². The molecule has 1 fully saturated rings. The molecule has 2 rings (SSSR count). The summed E-state index contributed by atoms with van der Waals surface area (Å²) < 4.78 is 0. The lowest BCUT2D eigenvalue weighted by atomic mass is 9.93. The molecule has 98 valence electrons. The number of carbonyl (C=O) groups excluding carboxylic acids is 1. The molecule has 1 aliphatic rings. The summed E-state index contributed by atoms with van der Waals surface area (Å²) in [6.45, 7) is 1.62. The molecule has 1 saturated carbocycles. The number of nitrogens with one attached hydrogen (secondary N) is 1. The highest BCUT2D eigenvalue weighted by molar-refractivity contribution is 6.13. The summed E-state index contributed by atoms with van der Waals surface area (Å²) in [5, 5.41) is 9.41. The second kappa shape index (κ2) is 5.39. The van der Waals surface area contributed by atoms with Crippen LogP contribution in [0.2, 0.25) is 0 Å². The quantitative estimate of drug-likeness (QED) is 0.651. The molecule has 2 N–H and O–H groups in total. The molecule has 0 aromatic heterocycles. The van der Waals surface area contributed by atoms with Gasteiger partial charge in [0, 0.05) is 5.56 Å². The van der Waals surface area contributed by atoms with Gasteiger partial charge >= 0.3 is 0 Å². The first kappa shape index (κ1) is 13.5. The number of hydrogen-bond donors (Lipinski definition) is 2. The number of aliphatic hydroxyl groups is 1. The molecule has 0 unspecified atom stereocenters. The predicted molar refractivity (Wildman–Crippen MR) is 71.8 cm³/mol. The fraction of sp³-hybridized carbons (Fsp3) is 0.500. The smallest absolute Gasteiger partial charge is 0.159 e. The van der Waals surface area contributed by atoms with Gasteiger partial charge in [0.15, 0.2) is 5.78 Å². The first-order valence-corrected chi connectivity index (χ1v) is 6.57. The Morgan fingerprint density at radius 1 is 1.50 bits per heavy atom. The number of Topliss-reactive ketones (excluding diaryl/α,β-unsaturated/α-hetero) is 1. The highest BCUT2D eigenvalue weighted by Crippen LogP contribution is 2.41. The minimum atomic E-state index is -0.356. The molecule has 18 heavy (non-hydrogen) atoms. The van der Waals surface area contributed by atoms with Crippen LogP contribution in [0, 0.1) is 0 Å². The molecule has 2 atom stereocenters. The van der Waals surface area contributed by atoms with Gasteiger partial charge in [-0.15, -0.1) is 0 Å². The second-order valence-electron chi connectivity index (χ2n) is 5.15. The Morgan fingerprint density at radius 3 is 2.61 bits per heavy atom. The average molecular weight is 268 g/mol. The van der Waals surface area contributed by atoms with Crippen LogP contribution >= 0.6 is 11.8 Å². The zero-order chi connectivity index (χ0) is 13.2. The summed E-state index contributed by atoms with van der Waals surface area (Å²) in [6.07, 6.45) is 2.69. The molecule has 0 spiro atoms. The Bertz CT molecular complexity index is 426. The minimum Gasteiger partial charge on any atom is -0.394 e. The van der Waals surface area contributed by atoms with Crippen LogP contribution in [-0.4, -0.2) is 23.0 Å². The molecule has 1 aromatic carbocycles. The summed E-state index contributed by atoms with van der Waals surface area (Å²) in [6, 6.07) is 7.74. The van der Waals surface area contributed by atoms with Crippen LogP contribution in [0.1, 0.15) is 48.0 Å². The van der Waals surface area contributed by atoms with Crippen LogP contribution in [0.4, 0.5) is 0 Å².